The smallest absolute Gasteiger partial charge is 0.191 e. The molecule has 2 N–H and O–H groups in total. The van der Waals surface area contributed by atoms with Crippen molar-refractivity contribution in [2.75, 3.05) is 20.1 Å². The first-order chi connectivity index (χ1) is 15.3. The van der Waals surface area contributed by atoms with Crippen LogP contribution < -0.4 is 10.6 Å². The van der Waals surface area contributed by atoms with Crippen LogP contribution >= 0.6 is 24.0 Å². The molecule has 170 valence electrons. The van der Waals surface area contributed by atoms with Crippen LogP contribution in [0.1, 0.15) is 29.8 Å². The van der Waals surface area contributed by atoms with Crippen molar-refractivity contribution < 1.29 is 0 Å². The molecule has 1 unspecified atom stereocenters. The predicted molar refractivity (Wildman–Crippen MR) is 141 cm³/mol. The largest absolute Gasteiger partial charge is 0.355 e. The van der Waals surface area contributed by atoms with Crippen LogP contribution in [-0.2, 0) is 19.6 Å². The van der Waals surface area contributed by atoms with E-state index in [0.29, 0.717) is 12.6 Å². The lowest BCUT2D eigenvalue weighted by atomic mass is 10.2. The van der Waals surface area contributed by atoms with E-state index in [1.54, 1.807) is 0 Å². The van der Waals surface area contributed by atoms with E-state index in [4.69, 9.17) is 0 Å². The summed E-state index contributed by atoms with van der Waals surface area (Å²) in [5, 5.41) is 6.94. The van der Waals surface area contributed by atoms with E-state index in [-0.39, 0.29) is 24.0 Å². The minimum Gasteiger partial charge on any atom is -0.355 e. The van der Waals surface area contributed by atoms with E-state index < -0.39 is 0 Å². The van der Waals surface area contributed by atoms with E-state index in [0.717, 1.165) is 38.0 Å². The Morgan fingerprint density at radius 2 is 1.69 bits per heavy atom. The maximum atomic E-state index is 4.52. The van der Waals surface area contributed by atoms with Crippen molar-refractivity contribution in [3.8, 4) is 0 Å². The molecule has 2 aromatic carbocycles. The Labute approximate surface area is 208 Å². The van der Waals surface area contributed by atoms with Gasteiger partial charge in [0.25, 0.3) is 0 Å². The molecule has 0 radical (unpaired) electrons. The molecule has 0 bridgehead atoms. The van der Waals surface area contributed by atoms with Gasteiger partial charge in [-0.2, -0.15) is 0 Å². The number of benzene rings is 2. The first-order valence-corrected chi connectivity index (χ1v) is 11.1. The molecule has 3 aromatic rings. The molecule has 0 saturated carbocycles. The Bertz CT molecular complexity index is 957. The fraction of sp³-hybridized carbons (Fsp3) is 0.360. The van der Waals surface area contributed by atoms with Gasteiger partial charge in [-0.05, 0) is 30.5 Å². The van der Waals surface area contributed by atoms with E-state index in [9.17, 15) is 0 Å². The minimum atomic E-state index is 0. The molecule has 2 heterocycles. The molecule has 1 saturated heterocycles. The number of aromatic nitrogens is 2. The van der Waals surface area contributed by atoms with Gasteiger partial charge in [-0.1, -0.05) is 60.7 Å². The Morgan fingerprint density at radius 3 is 2.38 bits per heavy atom. The number of guanidine groups is 1. The Hall–Kier alpha value is -2.39. The van der Waals surface area contributed by atoms with Crippen molar-refractivity contribution >= 4 is 29.9 Å². The van der Waals surface area contributed by atoms with Crippen molar-refractivity contribution in [3.63, 3.8) is 0 Å². The molecule has 1 aliphatic heterocycles. The highest BCUT2D eigenvalue weighted by Gasteiger charge is 2.24. The van der Waals surface area contributed by atoms with Crippen molar-refractivity contribution in [1.82, 2.24) is 25.1 Å². The van der Waals surface area contributed by atoms with Crippen LogP contribution in [0.4, 0.5) is 0 Å². The molecule has 1 atom stereocenters. The number of nitrogens with one attached hydrogen (secondary N) is 2. The molecule has 32 heavy (non-hydrogen) atoms. The fourth-order valence-electron chi connectivity index (χ4n) is 4.18. The van der Waals surface area contributed by atoms with Crippen molar-refractivity contribution in [3.05, 3.63) is 90.0 Å². The molecular formula is C25H33IN6. The standard InChI is InChI=1S/C25H32N6.HI/c1-26-25(28-17-23-13-8-15-30(23)19-21-9-4-2-5-10-21)29-18-24-27-14-16-31(24)20-22-11-6-3-7-12-22;/h2-7,9-12,14,16,23H,8,13,15,17-20H2,1H3,(H2,26,28,29);1H. The van der Waals surface area contributed by atoms with Gasteiger partial charge in [-0.3, -0.25) is 9.89 Å². The number of aliphatic imine (C=N–C) groups is 1. The van der Waals surface area contributed by atoms with Crippen LogP contribution in [0, 0.1) is 0 Å². The summed E-state index contributed by atoms with van der Waals surface area (Å²) in [6.07, 6.45) is 6.36. The lowest BCUT2D eigenvalue weighted by molar-refractivity contribution is 0.245. The summed E-state index contributed by atoms with van der Waals surface area (Å²) in [5.74, 6) is 1.82. The Morgan fingerprint density at radius 1 is 1.00 bits per heavy atom. The van der Waals surface area contributed by atoms with Gasteiger partial charge in [0.1, 0.15) is 5.82 Å². The third kappa shape index (κ3) is 6.80. The first kappa shape index (κ1) is 24.3. The summed E-state index contributed by atoms with van der Waals surface area (Å²) in [6, 6.07) is 21.7. The summed E-state index contributed by atoms with van der Waals surface area (Å²) >= 11 is 0. The average molecular weight is 544 g/mol. The zero-order chi connectivity index (χ0) is 21.3. The highest BCUT2D eigenvalue weighted by Crippen LogP contribution is 2.19. The van der Waals surface area contributed by atoms with Crippen LogP contribution in [-0.4, -0.2) is 46.6 Å². The number of hydrogen-bond acceptors (Lipinski definition) is 3. The Balaban J connectivity index is 0.00000289. The van der Waals surface area contributed by atoms with Gasteiger partial charge in [0.2, 0.25) is 0 Å². The zero-order valence-electron chi connectivity index (χ0n) is 18.7. The van der Waals surface area contributed by atoms with Crippen LogP contribution in [0.5, 0.6) is 0 Å². The van der Waals surface area contributed by atoms with Crippen LogP contribution in [0.3, 0.4) is 0 Å². The normalized spacial score (nSPS) is 16.5. The van der Waals surface area contributed by atoms with Gasteiger partial charge < -0.3 is 15.2 Å². The Kier molecular flexibility index (Phi) is 9.55. The third-order valence-corrected chi connectivity index (χ3v) is 5.87. The minimum absolute atomic E-state index is 0. The van der Waals surface area contributed by atoms with Crippen molar-refractivity contribution in [2.24, 2.45) is 4.99 Å². The van der Waals surface area contributed by atoms with E-state index >= 15 is 0 Å². The second-order valence-corrected chi connectivity index (χ2v) is 8.02. The highest BCUT2D eigenvalue weighted by atomic mass is 127. The molecule has 0 amide bonds. The highest BCUT2D eigenvalue weighted by molar-refractivity contribution is 14.0. The zero-order valence-corrected chi connectivity index (χ0v) is 21.0. The summed E-state index contributed by atoms with van der Waals surface area (Å²) in [5.41, 5.74) is 2.64. The number of likely N-dealkylation sites (tertiary alicyclic amines) is 1. The third-order valence-electron chi connectivity index (χ3n) is 5.87. The monoisotopic (exact) mass is 544 g/mol. The maximum Gasteiger partial charge on any atom is 0.191 e. The summed E-state index contributed by atoms with van der Waals surface area (Å²) in [4.78, 5) is 11.5. The van der Waals surface area contributed by atoms with Gasteiger partial charge in [0.05, 0.1) is 6.54 Å². The first-order valence-electron chi connectivity index (χ1n) is 11.1. The van der Waals surface area contributed by atoms with E-state index in [1.807, 2.05) is 25.5 Å². The SMILES string of the molecule is CN=C(NCc1nccn1Cc1ccccc1)NCC1CCCN1Cc1ccccc1.I. The molecule has 7 heteroatoms. The lowest BCUT2D eigenvalue weighted by Crippen LogP contribution is -2.44. The quantitative estimate of drug-likeness (QED) is 0.257. The summed E-state index contributed by atoms with van der Waals surface area (Å²) in [7, 11) is 1.82. The molecule has 1 aromatic heterocycles. The molecule has 1 aliphatic rings. The molecule has 1 fully saturated rings. The molecule has 0 aliphatic carbocycles. The van der Waals surface area contributed by atoms with Crippen LogP contribution in [0.2, 0.25) is 0 Å². The number of rotatable bonds is 8. The van der Waals surface area contributed by atoms with Crippen LogP contribution in [0.15, 0.2) is 78.0 Å². The summed E-state index contributed by atoms with van der Waals surface area (Å²) in [6.45, 7) is 4.52. The number of imidazole rings is 1. The van der Waals surface area contributed by atoms with Crippen LogP contribution in [0.25, 0.3) is 0 Å². The second kappa shape index (κ2) is 12.6. The molecule has 6 nitrogen and oxygen atoms in total. The van der Waals surface area contributed by atoms with E-state index in [2.05, 4.69) is 84.7 Å². The van der Waals surface area contributed by atoms with E-state index in [1.165, 1.54) is 24.0 Å². The predicted octanol–water partition coefficient (Wildman–Crippen LogP) is 3.88. The second-order valence-electron chi connectivity index (χ2n) is 8.02. The molecule has 0 spiro atoms. The molecule has 4 rings (SSSR count). The topological polar surface area (TPSA) is 57.5 Å². The van der Waals surface area contributed by atoms with Gasteiger partial charge in [0, 0.05) is 45.1 Å². The van der Waals surface area contributed by atoms with Crippen molar-refractivity contribution in [1.29, 1.82) is 0 Å². The molecular weight excluding hydrogens is 511 g/mol. The van der Waals surface area contributed by atoms with Gasteiger partial charge in [-0.25, -0.2) is 4.98 Å². The average Bonchev–Trinajstić information content (AvgIpc) is 3.44. The number of hydrogen-bond donors (Lipinski definition) is 2. The van der Waals surface area contributed by atoms with Gasteiger partial charge in [0.15, 0.2) is 5.96 Å². The van der Waals surface area contributed by atoms with Crippen molar-refractivity contribution in [2.45, 2.75) is 38.5 Å². The maximum absolute atomic E-state index is 4.52. The number of nitrogens with zero attached hydrogens (tertiary/aromatic N) is 4. The van der Waals surface area contributed by atoms with Gasteiger partial charge in [-0.15, -0.1) is 24.0 Å². The van der Waals surface area contributed by atoms with Gasteiger partial charge >= 0.3 is 0 Å². The number of halogens is 1. The fourth-order valence-corrected chi connectivity index (χ4v) is 4.18. The lowest BCUT2D eigenvalue weighted by Gasteiger charge is -2.25. The summed E-state index contributed by atoms with van der Waals surface area (Å²) < 4.78 is 2.17.